The monoisotopic (exact) mass is 333 g/mol. The van der Waals surface area contributed by atoms with Crippen LogP contribution in [-0.4, -0.2) is 34.8 Å². The van der Waals surface area contributed by atoms with E-state index < -0.39 is 24.1 Å². The van der Waals surface area contributed by atoms with Crippen LogP contribution < -0.4 is 9.47 Å². The molecule has 2 rings (SSSR count). The van der Waals surface area contributed by atoms with Gasteiger partial charge in [-0.1, -0.05) is 10.6 Å². The molecular formula is C16H14NO7+. The fraction of sp³-hybridized carbons (Fsp3) is 0.250. The highest BCUT2D eigenvalue weighted by Crippen LogP contribution is 2.30. The van der Waals surface area contributed by atoms with Gasteiger partial charge < -0.3 is 14.2 Å². The molecule has 0 aromatic heterocycles. The minimum Gasteiger partial charge on any atom is -0.423 e. The lowest BCUT2D eigenvalue weighted by atomic mass is 10.1. The van der Waals surface area contributed by atoms with Crippen molar-refractivity contribution >= 4 is 30.1 Å². The van der Waals surface area contributed by atoms with E-state index in [1.807, 2.05) is 0 Å². The Kier molecular flexibility index (Phi) is 4.91. The molecule has 1 heterocycles. The third kappa shape index (κ3) is 3.74. The molecule has 124 valence electrons. The van der Waals surface area contributed by atoms with E-state index in [2.05, 4.69) is 0 Å². The van der Waals surface area contributed by atoms with Gasteiger partial charge in [0.25, 0.3) is 0 Å². The Bertz CT molecular complexity index is 803. The van der Waals surface area contributed by atoms with E-state index in [-0.39, 0.29) is 17.2 Å². The average Bonchev–Trinajstić information content (AvgIpc) is 2.74. The van der Waals surface area contributed by atoms with Gasteiger partial charge in [-0.15, -0.1) is 0 Å². The number of ether oxygens (including phenoxy) is 3. The molecule has 1 aliphatic rings. The normalized spacial score (nSPS) is 18.1. The van der Waals surface area contributed by atoms with Crippen LogP contribution in [0.5, 0.6) is 11.5 Å². The van der Waals surface area contributed by atoms with Crippen molar-refractivity contribution in [3.05, 3.63) is 29.5 Å². The first-order valence-electron chi connectivity index (χ1n) is 6.92. The van der Waals surface area contributed by atoms with Crippen LogP contribution in [0.1, 0.15) is 26.3 Å². The Hall–Kier alpha value is -3.25. The van der Waals surface area contributed by atoms with Gasteiger partial charge in [-0.2, -0.15) is 4.79 Å². The molecule has 1 aromatic carbocycles. The fourth-order valence-corrected chi connectivity index (χ4v) is 2.06. The van der Waals surface area contributed by atoms with E-state index in [1.165, 1.54) is 45.0 Å². The standard InChI is InChI=1S/C16H14NO7/c1-9-17(8-18)13(16(21)22-9)6-12-4-5-14(23-10(2)19)15(7-12)24-11(3)20/h4-7,9H,1-3H3/q+1/i8+1. The molecule has 8 nitrogen and oxygen atoms in total. The summed E-state index contributed by atoms with van der Waals surface area (Å²) in [6, 6.07) is 4.33. The van der Waals surface area contributed by atoms with Crippen LogP contribution >= 0.6 is 0 Å². The smallest absolute Gasteiger partial charge is 0.423 e. The van der Waals surface area contributed by atoms with Crippen molar-refractivity contribution in [2.75, 3.05) is 0 Å². The summed E-state index contributed by atoms with van der Waals surface area (Å²) in [5, 5.41) is 0. The molecule has 1 fully saturated rings. The van der Waals surface area contributed by atoms with Crippen molar-refractivity contribution in [2.45, 2.75) is 27.0 Å². The molecule has 1 aromatic rings. The highest BCUT2D eigenvalue weighted by Gasteiger charge is 2.41. The van der Waals surface area contributed by atoms with Crippen molar-refractivity contribution in [1.82, 2.24) is 0 Å². The minimum atomic E-state index is -0.755. The van der Waals surface area contributed by atoms with Crippen LogP contribution in [0.4, 0.5) is 0 Å². The number of rotatable bonds is 3. The number of esters is 3. The second kappa shape index (κ2) is 6.89. The van der Waals surface area contributed by atoms with Crippen molar-refractivity contribution in [3.63, 3.8) is 0 Å². The Balaban J connectivity index is 2.46. The summed E-state index contributed by atoms with van der Waals surface area (Å²) in [5.41, 5.74) is 0.426. The summed E-state index contributed by atoms with van der Waals surface area (Å²) in [6.07, 6.45) is 2.23. The van der Waals surface area contributed by atoms with Gasteiger partial charge in [0.2, 0.25) is 0 Å². The number of cyclic esters (lactones) is 1. The van der Waals surface area contributed by atoms with Crippen LogP contribution in [0.15, 0.2) is 23.9 Å². The van der Waals surface area contributed by atoms with E-state index >= 15 is 0 Å². The van der Waals surface area contributed by atoms with Gasteiger partial charge in [0.15, 0.2) is 11.5 Å². The summed E-state index contributed by atoms with van der Waals surface area (Å²) in [6.45, 7) is 3.93. The molecular weight excluding hydrogens is 319 g/mol. The second-order valence-electron chi connectivity index (χ2n) is 4.89. The Labute approximate surface area is 136 Å². The Morgan fingerprint density at radius 2 is 1.83 bits per heavy atom. The molecule has 24 heavy (non-hydrogen) atoms. The van der Waals surface area contributed by atoms with Gasteiger partial charge >= 0.3 is 35.9 Å². The van der Waals surface area contributed by atoms with Crippen molar-refractivity contribution < 1.29 is 38.0 Å². The van der Waals surface area contributed by atoms with E-state index in [1.54, 1.807) is 6.08 Å². The summed E-state index contributed by atoms with van der Waals surface area (Å²) < 4.78 is 15.9. The molecule has 1 atom stereocenters. The number of hydrogen-bond acceptors (Lipinski definition) is 7. The average molecular weight is 333 g/mol. The quantitative estimate of drug-likeness (QED) is 0.204. The molecule has 0 N–H and O–H groups in total. The summed E-state index contributed by atoms with van der Waals surface area (Å²) in [5.74, 6) is -1.80. The zero-order valence-corrected chi connectivity index (χ0v) is 13.2. The number of benzene rings is 1. The lowest BCUT2D eigenvalue weighted by Gasteiger charge is -2.09. The van der Waals surface area contributed by atoms with Crippen molar-refractivity contribution in [1.29, 1.82) is 0 Å². The molecule has 0 saturated carbocycles. The maximum absolute atomic E-state index is 11.8. The van der Waals surface area contributed by atoms with Gasteiger partial charge in [0.1, 0.15) is 0 Å². The largest absolute Gasteiger partial charge is 0.434 e. The van der Waals surface area contributed by atoms with Crippen LogP contribution in [0.3, 0.4) is 0 Å². The molecule has 1 saturated heterocycles. The van der Waals surface area contributed by atoms with Gasteiger partial charge in [-0.05, 0) is 17.7 Å². The SMILES string of the molecule is CC(=O)Oc1ccc(C=C2C(=O)OC(C)[N+]2=[13C]=O)cc1OC(C)=O. The third-order valence-corrected chi connectivity index (χ3v) is 2.99. The van der Waals surface area contributed by atoms with E-state index in [0.29, 0.717) is 5.56 Å². The summed E-state index contributed by atoms with van der Waals surface area (Å²) in [4.78, 5) is 45.0. The summed E-state index contributed by atoms with van der Waals surface area (Å²) in [7, 11) is 0. The predicted octanol–water partition coefficient (Wildman–Crippen LogP) is 1.13. The first kappa shape index (κ1) is 17.1. The van der Waals surface area contributed by atoms with Crippen LogP contribution in [0.2, 0.25) is 0 Å². The van der Waals surface area contributed by atoms with E-state index in [9.17, 15) is 19.2 Å². The first-order valence-corrected chi connectivity index (χ1v) is 6.92. The second-order valence-corrected chi connectivity index (χ2v) is 4.89. The van der Waals surface area contributed by atoms with Crippen molar-refractivity contribution in [3.8, 4) is 11.5 Å². The van der Waals surface area contributed by atoms with Gasteiger partial charge in [0.05, 0.1) is 0 Å². The number of carbonyl (C=O) groups is 3. The number of isocyanates is 1. The predicted molar refractivity (Wildman–Crippen MR) is 78.5 cm³/mol. The summed E-state index contributed by atoms with van der Waals surface area (Å²) >= 11 is 0. The zero-order valence-electron chi connectivity index (χ0n) is 13.2. The van der Waals surface area contributed by atoms with Gasteiger partial charge in [-0.25, -0.2) is 4.79 Å². The molecule has 8 heteroatoms. The van der Waals surface area contributed by atoms with E-state index in [4.69, 9.17) is 14.2 Å². The lowest BCUT2D eigenvalue weighted by Crippen LogP contribution is -2.14. The molecule has 1 unspecified atom stereocenters. The Morgan fingerprint density at radius 1 is 1.21 bits per heavy atom. The molecule has 0 amide bonds. The highest BCUT2D eigenvalue weighted by molar-refractivity contribution is 5.92. The topological polar surface area (TPSA) is 99.0 Å². The molecule has 0 radical (unpaired) electrons. The minimum absolute atomic E-state index is 0.00750. The number of nitrogens with zero attached hydrogens (tertiary/aromatic N) is 1. The number of hydrogen-bond donors (Lipinski definition) is 0. The fourth-order valence-electron chi connectivity index (χ4n) is 2.06. The van der Waals surface area contributed by atoms with Crippen molar-refractivity contribution in [2.24, 2.45) is 0 Å². The van der Waals surface area contributed by atoms with Crippen LogP contribution in [0, 0.1) is 0 Å². The maximum atomic E-state index is 11.8. The molecule has 0 aliphatic carbocycles. The molecule has 0 bridgehead atoms. The first-order chi connectivity index (χ1) is 11.3. The highest BCUT2D eigenvalue weighted by atomic mass is 16.6. The van der Waals surface area contributed by atoms with Crippen LogP contribution in [0.25, 0.3) is 6.08 Å². The number of carbonyl (C=O) groups excluding carboxylic acids is 4. The van der Waals surface area contributed by atoms with Crippen LogP contribution in [-0.2, 0) is 23.9 Å². The van der Waals surface area contributed by atoms with Gasteiger partial charge in [-0.3, -0.25) is 9.59 Å². The van der Waals surface area contributed by atoms with E-state index in [0.717, 1.165) is 4.58 Å². The van der Waals surface area contributed by atoms with Gasteiger partial charge in [0, 0.05) is 26.8 Å². The molecule has 0 spiro atoms. The third-order valence-electron chi connectivity index (χ3n) is 2.99. The molecule has 1 aliphatic heterocycles. The zero-order chi connectivity index (χ0) is 17.9. The maximum Gasteiger partial charge on any atom is 0.434 e. The lowest BCUT2D eigenvalue weighted by molar-refractivity contribution is -0.525. The Morgan fingerprint density at radius 3 is 2.42 bits per heavy atom.